The molecule has 0 fully saturated rings. The van der Waals surface area contributed by atoms with Crippen LogP contribution in [0.2, 0.25) is 0 Å². The summed E-state index contributed by atoms with van der Waals surface area (Å²) in [4.78, 5) is 16.1. The zero-order chi connectivity index (χ0) is 11.4. The lowest BCUT2D eigenvalue weighted by molar-refractivity contribution is 0.0979. The van der Waals surface area contributed by atoms with E-state index in [4.69, 9.17) is 0 Å². The van der Waals surface area contributed by atoms with Crippen LogP contribution in [0.25, 0.3) is 0 Å². The minimum absolute atomic E-state index is 0.0676. The number of carbonyl (C=O) groups excluding carboxylic acids is 1. The lowest BCUT2D eigenvalue weighted by Crippen LogP contribution is -2.11. The third-order valence-corrected chi connectivity index (χ3v) is 2.51. The van der Waals surface area contributed by atoms with Crippen molar-refractivity contribution in [3.05, 3.63) is 54.1 Å². The third kappa shape index (κ3) is 2.19. The number of aromatic nitrogens is 2. The van der Waals surface area contributed by atoms with Crippen LogP contribution in [0, 0.1) is 0 Å². The predicted molar refractivity (Wildman–Crippen MR) is 62.4 cm³/mol. The second kappa shape index (κ2) is 4.75. The Morgan fingerprint density at radius 1 is 1.31 bits per heavy atom. The molecule has 0 radical (unpaired) electrons. The SMILES string of the molecule is CCn1ccnc1C(=O)Cc1ccccc1. The maximum absolute atomic E-state index is 12.0. The molecule has 0 aliphatic carbocycles. The molecule has 16 heavy (non-hydrogen) atoms. The first-order chi connectivity index (χ1) is 7.81. The number of carbonyl (C=O) groups is 1. The first-order valence-corrected chi connectivity index (χ1v) is 5.39. The Bertz CT molecular complexity index is 474. The highest BCUT2D eigenvalue weighted by Gasteiger charge is 2.12. The van der Waals surface area contributed by atoms with Gasteiger partial charge in [0.2, 0.25) is 5.78 Å². The van der Waals surface area contributed by atoms with Crippen LogP contribution >= 0.6 is 0 Å². The standard InChI is InChI=1S/C13H14N2O/c1-2-15-9-8-14-13(15)12(16)10-11-6-4-3-5-7-11/h3-9H,2,10H2,1H3. The van der Waals surface area contributed by atoms with Gasteiger partial charge in [-0.2, -0.15) is 0 Å². The molecule has 2 aromatic rings. The van der Waals surface area contributed by atoms with Gasteiger partial charge in [0.15, 0.2) is 5.82 Å². The molecule has 0 atom stereocenters. The molecule has 0 aliphatic rings. The quantitative estimate of drug-likeness (QED) is 0.732. The van der Waals surface area contributed by atoms with Crippen LogP contribution in [0.5, 0.6) is 0 Å². The summed E-state index contributed by atoms with van der Waals surface area (Å²) in [5, 5.41) is 0. The Labute approximate surface area is 94.7 Å². The van der Waals surface area contributed by atoms with E-state index in [1.807, 2.05) is 48.0 Å². The van der Waals surface area contributed by atoms with E-state index in [-0.39, 0.29) is 5.78 Å². The number of ketones is 1. The fourth-order valence-corrected chi connectivity index (χ4v) is 1.68. The van der Waals surface area contributed by atoms with Crippen LogP contribution in [-0.2, 0) is 13.0 Å². The van der Waals surface area contributed by atoms with Crippen molar-refractivity contribution in [2.75, 3.05) is 0 Å². The van der Waals surface area contributed by atoms with Gasteiger partial charge in [-0.1, -0.05) is 30.3 Å². The van der Waals surface area contributed by atoms with Crippen molar-refractivity contribution in [2.24, 2.45) is 0 Å². The Morgan fingerprint density at radius 3 is 2.75 bits per heavy atom. The van der Waals surface area contributed by atoms with Crippen molar-refractivity contribution < 1.29 is 4.79 Å². The van der Waals surface area contributed by atoms with Crippen molar-refractivity contribution in [1.29, 1.82) is 0 Å². The summed E-state index contributed by atoms with van der Waals surface area (Å²) in [6.07, 6.45) is 3.91. The van der Waals surface area contributed by atoms with Gasteiger partial charge in [-0.25, -0.2) is 4.98 Å². The number of imidazole rings is 1. The van der Waals surface area contributed by atoms with Crippen molar-refractivity contribution in [3.63, 3.8) is 0 Å². The highest BCUT2D eigenvalue weighted by molar-refractivity contribution is 5.94. The summed E-state index contributed by atoms with van der Waals surface area (Å²) in [5.41, 5.74) is 1.03. The highest BCUT2D eigenvalue weighted by Crippen LogP contribution is 2.06. The monoisotopic (exact) mass is 214 g/mol. The first-order valence-electron chi connectivity index (χ1n) is 5.39. The summed E-state index contributed by atoms with van der Waals surface area (Å²) >= 11 is 0. The summed E-state index contributed by atoms with van der Waals surface area (Å²) in [7, 11) is 0. The van der Waals surface area contributed by atoms with E-state index >= 15 is 0 Å². The molecule has 0 saturated carbocycles. The van der Waals surface area contributed by atoms with E-state index in [0.717, 1.165) is 12.1 Å². The van der Waals surface area contributed by atoms with Gasteiger partial charge < -0.3 is 4.57 Å². The number of rotatable bonds is 4. The maximum atomic E-state index is 12.0. The second-order valence-electron chi connectivity index (χ2n) is 3.62. The number of aryl methyl sites for hydroxylation is 1. The Morgan fingerprint density at radius 2 is 2.06 bits per heavy atom. The van der Waals surface area contributed by atoms with Crippen LogP contribution < -0.4 is 0 Å². The van der Waals surface area contributed by atoms with Gasteiger partial charge in [0.25, 0.3) is 0 Å². The van der Waals surface area contributed by atoms with Crippen LogP contribution in [-0.4, -0.2) is 15.3 Å². The summed E-state index contributed by atoms with van der Waals surface area (Å²) < 4.78 is 1.87. The summed E-state index contributed by atoms with van der Waals surface area (Å²) in [5.74, 6) is 0.615. The van der Waals surface area contributed by atoms with Gasteiger partial charge in [-0.3, -0.25) is 4.79 Å². The molecule has 0 spiro atoms. The molecule has 1 aromatic heterocycles. The van der Waals surface area contributed by atoms with E-state index < -0.39 is 0 Å². The average Bonchev–Trinajstić information content (AvgIpc) is 2.78. The average molecular weight is 214 g/mol. The number of Topliss-reactive ketones (excluding diaryl/α,β-unsaturated/α-hetero) is 1. The molecule has 0 bridgehead atoms. The minimum Gasteiger partial charge on any atom is -0.329 e. The zero-order valence-electron chi connectivity index (χ0n) is 9.26. The normalized spacial score (nSPS) is 10.3. The number of benzene rings is 1. The van der Waals surface area contributed by atoms with Crippen LogP contribution in [0.15, 0.2) is 42.7 Å². The lowest BCUT2D eigenvalue weighted by Gasteiger charge is -2.03. The largest absolute Gasteiger partial charge is 0.329 e. The van der Waals surface area contributed by atoms with Gasteiger partial charge >= 0.3 is 0 Å². The number of nitrogens with zero attached hydrogens (tertiary/aromatic N) is 2. The number of hydrogen-bond donors (Lipinski definition) is 0. The molecule has 1 heterocycles. The zero-order valence-corrected chi connectivity index (χ0v) is 9.26. The van der Waals surface area contributed by atoms with Crippen molar-refractivity contribution in [3.8, 4) is 0 Å². The molecule has 2 rings (SSSR count). The Kier molecular flexibility index (Phi) is 3.15. The van der Waals surface area contributed by atoms with E-state index in [9.17, 15) is 4.79 Å². The molecule has 0 amide bonds. The van der Waals surface area contributed by atoms with Gasteiger partial charge in [0.05, 0.1) is 0 Å². The third-order valence-electron chi connectivity index (χ3n) is 2.51. The van der Waals surface area contributed by atoms with Gasteiger partial charge in [-0.15, -0.1) is 0 Å². The predicted octanol–water partition coefficient (Wildman–Crippen LogP) is 2.33. The topological polar surface area (TPSA) is 34.9 Å². The molecular formula is C13H14N2O. The highest BCUT2D eigenvalue weighted by atomic mass is 16.1. The Hall–Kier alpha value is -1.90. The summed E-state index contributed by atoms with van der Waals surface area (Å²) in [6, 6.07) is 9.74. The van der Waals surface area contributed by atoms with Crippen molar-refractivity contribution in [1.82, 2.24) is 9.55 Å². The second-order valence-corrected chi connectivity index (χ2v) is 3.62. The van der Waals surface area contributed by atoms with Gasteiger partial charge in [0, 0.05) is 25.4 Å². The molecule has 82 valence electrons. The molecule has 0 aliphatic heterocycles. The van der Waals surface area contributed by atoms with Crippen molar-refractivity contribution in [2.45, 2.75) is 19.9 Å². The fraction of sp³-hybridized carbons (Fsp3) is 0.231. The van der Waals surface area contributed by atoms with E-state index in [1.54, 1.807) is 6.20 Å². The van der Waals surface area contributed by atoms with Gasteiger partial charge in [-0.05, 0) is 12.5 Å². The van der Waals surface area contributed by atoms with Crippen LogP contribution in [0.1, 0.15) is 23.1 Å². The van der Waals surface area contributed by atoms with Crippen molar-refractivity contribution >= 4 is 5.78 Å². The Balaban J connectivity index is 2.15. The molecule has 1 aromatic carbocycles. The lowest BCUT2D eigenvalue weighted by atomic mass is 10.1. The molecule has 0 saturated heterocycles. The van der Waals surface area contributed by atoms with Crippen LogP contribution in [0.4, 0.5) is 0 Å². The van der Waals surface area contributed by atoms with E-state index in [1.165, 1.54) is 0 Å². The molecular weight excluding hydrogens is 200 g/mol. The minimum atomic E-state index is 0.0676. The van der Waals surface area contributed by atoms with E-state index in [2.05, 4.69) is 4.98 Å². The smallest absolute Gasteiger partial charge is 0.202 e. The molecule has 0 unspecified atom stereocenters. The van der Waals surface area contributed by atoms with E-state index in [0.29, 0.717) is 12.2 Å². The summed E-state index contributed by atoms with van der Waals surface area (Å²) in [6.45, 7) is 2.77. The molecule has 0 N–H and O–H groups in total. The van der Waals surface area contributed by atoms with Crippen LogP contribution in [0.3, 0.4) is 0 Å². The fourth-order valence-electron chi connectivity index (χ4n) is 1.68. The molecule has 3 heteroatoms. The van der Waals surface area contributed by atoms with Gasteiger partial charge in [0.1, 0.15) is 0 Å². The first kappa shape index (κ1) is 10.6. The number of hydrogen-bond acceptors (Lipinski definition) is 2. The maximum Gasteiger partial charge on any atom is 0.202 e. The molecule has 3 nitrogen and oxygen atoms in total.